The number of aliphatic imine (C=N–C) groups is 2. The van der Waals surface area contributed by atoms with E-state index in [2.05, 4.69) is 46.5 Å². The number of amidine groups is 1. The molecule has 1 aliphatic rings. The standard InChI is InChI=1S/C13H17N3S/c1-10-6-4-5-7-11(10)13(14-2)8-15-12(17-3)16-9-13/h4-8,14H,9H2,1-3H3. The van der Waals surface area contributed by atoms with E-state index in [1.54, 1.807) is 11.8 Å². The summed E-state index contributed by atoms with van der Waals surface area (Å²) in [6.45, 7) is 2.82. The van der Waals surface area contributed by atoms with Crippen molar-refractivity contribution < 1.29 is 0 Å². The summed E-state index contributed by atoms with van der Waals surface area (Å²) in [5.74, 6) is 0. The largest absolute Gasteiger partial charge is 0.304 e. The van der Waals surface area contributed by atoms with Crippen molar-refractivity contribution in [3.8, 4) is 0 Å². The third-order valence-electron chi connectivity index (χ3n) is 3.11. The fourth-order valence-corrected chi connectivity index (χ4v) is 2.41. The molecule has 1 unspecified atom stereocenters. The van der Waals surface area contributed by atoms with E-state index in [-0.39, 0.29) is 5.54 Å². The molecule has 0 radical (unpaired) electrons. The van der Waals surface area contributed by atoms with Crippen LogP contribution in [-0.2, 0) is 5.54 Å². The van der Waals surface area contributed by atoms with Gasteiger partial charge in [-0.1, -0.05) is 36.0 Å². The van der Waals surface area contributed by atoms with E-state index in [1.165, 1.54) is 11.1 Å². The van der Waals surface area contributed by atoms with Crippen LogP contribution in [0.2, 0.25) is 0 Å². The van der Waals surface area contributed by atoms with E-state index in [1.807, 2.05) is 19.5 Å². The van der Waals surface area contributed by atoms with Crippen LogP contribution < -0.4 is 5.32 Å². The maximum Gasteiger partial charge on any atom is 0.182 e. The van der Waals surface area contributed by atoms with E-state index < -0.39 is 0 Å². The molecule has 1 heterocycles. The summed E-state index contributed by atoms with van der Waals surface area (Å²) in [7, 11) is 1.96. The highest BCUT2D eigenvalue weighted by molar-refractivity contribution is 8.13. The summed E-state index contributed by atoms with van der Waals surface area (Å²) in [4.78, 5) is 8.92. The zero-order valence-corrected chi connectivity index (χ0v) is 11.2. The lowest BCUT2D eigenvalue weighted by Crippen LogP contribution is -2.46. The summed E-state index contributed by atoms with van der Waals surface area (Å²) in [6.07, 6.45) is 3.98. The number of hydrogen-bond donors (Lipinski definition) is 1. The Hall–Kier alpha value is -1.13. The molecule has 1 N–H and O–H groups in total. The molecule has 0 aromatic heterocycles. The fourth-order valence-electron chi connectivity index (χ4n) is 2.06. The number of nitrogens with zero attached hydrogens (tertiary/aromatic N) is 2. The molecule has 4 heteroatoms. The second kappa shape index (κ2) is 5.02. The van der Waals surface area contributed by atoms with Crippen molar-refractivity contribution in [2.24, 2.45) is 9.98 Å². The van der Waals surface area contributed by atoms with Crippen LogP contribution in [-0.4, -0.2) is 31.2 Å². The molecule has 90 valence electrons. The quantitative estimate of drug-likeness (QED) is 0.870. The lowest BCUT2D eigenvalue weighted by atomic mass is 9.87. The van der Waals surface area contributed by atoms with Gasteiger partial charge in [0.2, 0.25) is 0 Å². The first kappa shape index (κ1) is 12.3. The van der Waals surface area contributed by atoms with Crippen LogP contribution in [0.3, 0.4) is 0 Å². The predicted molar refractivity (Wildman–Crippen MR) is 76.2 cm³/mol. The number of hydrogen-bond acceptors (Lipinski definition) is 4. The third-order valence-corrected chi connectivity index (χ3v) is 3.71. The molecule has 1 aromatic rings. The number of benzene rings is 1. The van der Waals surface area contributed by atoms with E-state index in [9.17, 15) is 0 Å². The molecular weight excluding hydrogens is 230 g/mol. The minimum Gasteiger partial charge on any atom is -0.304 e. The van der Waals surface area contributed by atoms with Gasteiger partial charge >= 0.3 is 0 Å². The highest BCUT2D eigenvalue weighted by Gasteiger charge is 2.31. The molecule has 17 heavy (non-hydrogen) atoms. The lowest BCUT2D eigenvalue weighted by Gasteiger charge is -2.32. The van der Waals surface area contributed by atoms with Crippen LogP contribution >= 0.6 is 11.8 Å². The van der Waals surface area contributed by atoms with Crippen molar-refractivity contribution >= 4 is 23.1 Å². The molecule has 0 fully saturated rings. The summed E-state index contributed by atoms with van der Waals surface area (Å²) < 4.78 is 0. The minimum absolute atomic E-state index is 0.259. The van der Waals surface area contributed by atoms with Crippen LogP contribution in [0.25, 0.3) is 0 Å². The molecule has 1 aromatic carbocycles. The Labute approximate surface area is 106 Å². The summed E-state index contributed by atoms with van der Waals surface area (Å²) >= 11 is 1.58. The second-order valence-electron chi connectivity index (χ2n) is 4.10. The average molecular weight is 247 g/mol. The smallest absolute Gasteiger partial charge is 0.182 e. The Morgan fingerprint density at radius 3 is 2.65 bits per heavy atom. The maximum atomic E-state index is 4.51. The first-order chi connectivity index (χ1) is 8.22. The Balaban J connectivity index is 2.39. The van der Waals surface area contributed by atoms with Crippen molar-refractivity contribution in [1.82, 2.24) is 5.32 Å². The highest BCUT2D eigenvalue weighted by atomic mass is 32.2. The van der Waals surface area contributed by atoms with Crippen LogP contribution in [0.1, 0.15) is 11.1 Å². The van der Waals surface area contributed by atoms with Crippen molar-refractivity contribution in [2.45, 2.75) is 12.5 Å². The van der Waals surface area contributed by atoms with Crippen LogP contribution in [0.15, 0.2) is 34.3 Å². The van der Waals surface area contributed by atoms with E-state index in [4.69, 9.17) is 0 Å². The molecule has 0 saturated carbocycles. The zero-order valence-electron chi connectivity index (χ0n) is 10.4. The van der Waals surface area contributed by atoms with Crippen molar-refractivity contribution in [2.75, 3.05) is 19.8 Å². The van der Waals surface area contributed by atoms with Gasteiger partial charge in [0.25, 0.3) is 0 Å². The van der Waals surface area contributed by atoms with Crippen LogP contribution in [0.5, 0.6) is 0 Å². The first-order valence-corrected chi connectivity index (χ1v) is 6.83. The molecule has 0 aliphatic carbocycles. The topological polar surface area (TPSA) is 36.8 Å². The molecule has 0 bridgehead atoms. The van der Waals surface area contributed by atoms with E-state index >= 15 is 0 Å². The van der Waals surface area contributed by atoms with Gasteiger partial charge in [-0.3, -0.25) is 4.99 Å². The van der Waals surface area contributed by atoms with Gasteiger partial charge in [0, 0.05) is 6.21 Å². The third kappa shape index (κ3) is 2.28. The van der Waals surface area contributed by atoms with Gasteiger partial charge in [0.05, 0.1) is 12.1 Å². The Kier molecular flexibility index (Phi) is 3.64. The molecule has 3 nitrogen and oxygen atoms in total. The predicted octanol–water partition coefficient (Wildman–Crippen LogP) is 2.21. The van der Waals surface area contributed by atoms with Gasteiger partial charge in [-0.15, -0.1) is 0 Å². The number of likely N-dealkylation sites (N-methyl/N-ethyl adjacent to an activating group) is 1. The minimum atomic E-state index is -0.259. The van der Waals surface area contributed by atoms with Crippen LogP contribution in [0.4, 0.5) is 0 Å². The fraction of sp³-hybridized carbons (Fsp3) is 0.385. The molecule has 2 rings (SSSR count). The molecule has 0 spiro atoms. The molecule has 1 aliphatic heterocycles. The van der Waals surface area contributed by atoms with Gasteiger partial charge in [-0.2, -0.15) is 0 Å². The van der Waals surface area contributed by atoms with Crippen molar-refractivity contribution in [1.29, 1.82) is 0 Å². The normalized spacial score (nSPS) is 23.6. The number of rotatable bonds is 2. The number of aryl methyl sites for hydroxylation is 1. The molecule has 0 amide bonds. The van der Waals surface area contributed by atoms with E-state index in [0.29, 0.717) is 6.54 Å². The average Bonchev–Trinajstić information content (AvgIpc) is 2.39. The van der Waals surface area contributed by atoms with Gasteiger partial charge in [-0.05, 0) is 31.4 Å². The second-order valence-corrected chi connectivity index (χ2v) is 4.87. The molecular formula is C13H17N3S. The molecule has 0 saturated heterocycles. The SMILES string of the molecule is CNC1(c2ccccc2C)C=NC(SC)=NC1. The lowest BCUT2D eigenvalue weighted by molar-refractivity contribution is 0.508. The van der Waals surface area contributed by atoms with Gasteiger partial charge < -0.3 is 5.32 Å². The Morgan fingerprint density at radius 2 is 2.12 bits per heavy atom. The number of thioether (sulfide) groups is 1. The van der Waals surface area contributed by atoms with Crippen molar-refractivity contribution in [3.05, 3.63) is 35.4 Å². The zero-order chi connectivity index (χ0) is 12.3. The first-order valence-electron chi connectivity index (χ1n) is 5.60. The van der Waals surface area contributed by atoms with E-state index in [0.717, 1.165) is 5.17 Å². The Bertz CT molecular complexity index is 467. The summed E-state index contributed by atoms with van der Waals surface area (Å²) in [6, 6.07) is 8.37. The highest BCUT2D eigenvalue weighted by Crippen LogP contribution is 2.26. The van der Waals surface area contributed by atoms with Gasteiger partial charge in [0.1, 0.15) is 0 Å². The summed E-state index contributed by atoms with van der Waals surface area (Å²) in [5.41, 5.74) is 2.25. The monoisotopic (exact) mass is 247 g/mol. The summed E-state index contributed by atoms with van der Waals surface area (Å²) in [5, 5.41) is 4.20. The molecule has 1 atom stereocenters. The van der Waals surface area contributed by atoms with Crippen LogP contribution in [0, 0.1) is 6.92 Å². The Morgan fingerprint density at radius 1 is 1.35 bits per heavy atom. The van der Waals surface area contributed by atoms with Gasteiger partial charge in [-0.25, -0.2) is 4.99 Å². The maximum absolute atomic E-state index is 4.51. The van der Waals surface area contributed by atoms with Crippen molar-refractivity contribution in [3.63, 3.8) is 0 Å². The number of nitrogens with one attached hydrogen (secondary N) is 1. The van der Waals surface area contributed by atoms with Gasteiger partial charge in [0.15, 0.2) is 5.17 Å².